The van der Waals surface area contributed by atoms with E-state index in [1.165, 1.54) is 63.8 Å². The van der Waals surface area contributed by atoms with Crippen molar-refractivity contribution in [3.8, 4) is 28.7 Å². The first-order chi connectivity index (χ1) is 54.4. The molecule has 0 aliphatic heterocycles. The molecule has 7 aromatic carbocycles. The highest BCUT2D eigenvalue weighted by molar-refractivity contribution is 6.28. The second-order valence-corrected chi connectivity index (χ2v) is 22.8. The Labute approximate surface area is 652 Å². The summed E-state index contributed by atoms with van der Waals surface area (Å²) in [4.78, 5) is 104. The molecule has 3 aromatic heterocycles. The Morgan fingerprint density at radius 2 is 0.814 bits per heavy atom. The van der Waals surface area contributed by atoms with Crippen molar-refractivity contribution >= 4 is 116 Å². The maximum Gasteiger partial charge on any atom is 0.344 e. The lowest BCUT2D eigenvalue weighted by molar-refractivity contribution is -0.385. The van der Waals surface area contributed by atoms with Crippen LogP contribution in [-0.2, 0) is 35.0 Å². The molecule has 113 heavy (non-hydrogen) atoms. The van der Waals surface area contributed by atoms with Crippen molar-refractivity contribution in [2.75, 3.05) is 129 Å². The number of nitro benzene ring substituents is 3. The van der Waals surface area contributed by atoms with Gasteiger partial charge in [0, 0.05) is 110 Å². The number of ether oxygens (including phenoxy) is 11. The molecule has 10 rings (SSSR count). The Balaban J connectivity index is 0.000000234. The van der Waals surface area contributed by atoms with E-state index in [9.17, 15) is 49.5 Å². The van der Waals surface area contributed by atoms with Crippen LogP contribution >= 0.6 is 11.6 Å². The van der Waals surface area contributed by atoms with Gasteiger partial charge >= 0.3 is 17.9 Å². The summed E-state index contributed by atoms with van der Waals surface area (Å²) in [6, 6.07) is 44.2. The van der Waals surface area contributed by atoms with E-state index in [1.807, 2.05) is 18.2 Å². The maximum atomic E-state index is 12.4. The second-order valence-electron chi connectivity index (χ2n) is 22.5. The van der Waals surface area contributed by atoms with Crippen molar-refractivity contribution in [1.82, 2.24) is 29.9 Å². The number of carbonyl (C=O) groups is 4. The average molecular weight is 1580 g/mol. The molecular formula is C75H81ClN16O21. The fraction of sp³-hybridized carbons (Fsp3) is 0.227. The van der Waals surface area contributed by atoms with E-state index >= 15 is 0 Å². The minimum absolute atomic E-state index is 0.00457. The number of methoxy groups -OCH3 is 8. The van der Waals surface area contributed by atoms with E-state index in [1.54, 1.807) is 153 Å². The van der Waals surface area contributed by atoms with Crippen molar-refractivity contribution in [1.29, 1.82) is 0 Å². The third kappa shape index (κ3) is 27.9. The molecule has 0 spiro atoms. The number of hydrogen-bond acceptors (Lipinski definition) is 34. The lowest BCUT2D eigenvalue weighted by Gasteiger charge is -2.15. The number of aryl methyl sites for hydroxylation is 2. The van der Waals surface area contributed by atoms with Crippen molar-refractivity contribution < 1.29 is 86.1 Å². The molecule has 0 aliphatic carbocycles. The van der Waals surface area contributed by atoms with Gasteiger partial charge in [-0.3, -0.25) is 35.1 Å². The molecule has 0 saturated carbocycles. The lowest BCUT2D eigenvalue weighted by Crippen LogP contribution is -2.14. The van der Waals surface area contributed by atoms with Gasteiger partial charge in [-0.2, -0.15) is 15.0 Å². The van der Waals surface area contributed by atoms with E-state index in [-0.39, 0.29) is 74.1 Å². The molecule has 0 atom stereocenters. The molecule has 38 heteroatoms. The number of benzene rings is 7. The van der Waals surface area contributed by atoms with Crippen molar-refractivity contribution in [3.63, 3.8) is 0 Å². The van der Waals surface area contributed by atoms with Crippen LogP contribution in [0.1, 0.15) is 58.5 Å². The van der Waals surface area contributed by atoms with Gasteiger partial charge < -0.3 is 90.2 Å². The molecule has 0 saturated heterocycles. The van der Waals surface area contributed by atoms with Crippen LogP contribution in [0.3, 0.4) is 0 Å². The van der Waals surface area contributed by atoms with E-state index in [2.05, 4.69) is 56.5 Å². The van der Waals surface area contributed by atoms with Gasteiger partial charge in [0.25, 0.3) is 17.1 Å². The molecule has 0 radical (unpaired) electrons. The molecule has 0 unspecified atom stereocenters. The van der Waals surface area contributed by atoms with Gasteiger partial charge in [-0.25, -0.2) is 29.3 Å². The summed E-state index contributed by atoms with van der Waals surface area (Å²) in [7, 11) is 11.8. The van der Waals surface area contributed by atoms with Crippen molar-refractivity contribution in [3.05, 3.63) is 239 Å². The third-order valence-corrected chi connectivity index (χ3v) is 15.0. The highest BCUT2D eigenvalue weighted by atomic mass is 35.5. The average Bonchev–Trinajstić information content (AvgIpc) is 0.820. The summed E-state index contributed by atoms with van der Waals surface area (Å²) in [5.41, 5.74) is 15.5. The third-order valence-electron chi connectivity index (χ3n) is 14.8. The maximum absolute atomic E-state index is 12.4. The quantitative estimate of drug-likeness (QED) is 0.00301. The zero-order valence-electron chi connectivity index (χ0n) is 62.7. The number of nitrogens with two attached hydrogens (primary N) is 2. The number of nitrogen functional groups attached to an aromatic ring is 1. The SMILES string of the molecule is COCCOc1ccc(Nc2nc(Cl)nc(C)c2C(=O)OC)cc1.COCCOc1ccc(Nc2nc(Nc3cccc([N+](=O)[O-])c3)nc(C)c2C(=O)OC)cc1.COCCOc1ccc(Nc2nc(Nc3cccc([N+](=O)[O-])c3)nc(C=O)c2C(=O)OC)cc1.COc1ccc(CN)c(OC)c1.Nc1cccc([N+](=O)[O-])c1. The van der Waals surface area contributed by atoms with Gasteiger partial charge in [-0.05, 0) is 123 Å². The van der Waals surface area contributed by atoms with Crippen LogP contribution in [0, 0.1) is 44.2 Å². The van der Waals surface area contributed by atoms with Gasteiger partial charge in [-0.15, -0.1) is 0 Å². The van der Waals surface area contributed by atoms with Gasteiger partial charge in [0.2, 0.25) is 17.2 Å². The molecule has 0 amide bonds. The number of aromatic nitrogens is 6. The minimum atomic E-state index is -0.814. The zero-order chi connectivity index (χ0) is 82.4. The van der Waals surface area contributed by atoms with Gasteiger partial charge in [0.05, 0.1) is 81.5 Å². The van der Waals surface area contributed by atoms with Gasteiger partial charge in [-0.1, -0.05) is 24.3 Å². The largest absolute Gasteiger partial charge is 0.497 e. The Hall–Kier alpha value is -14.0. The number of nitro groups is 3. The summed E-state index contributed by atoms with van der Waals surface area (Å²) in [6.45, 7) is 6.50. The van der Waals surface area contributed by atoms with Crippen molar-refractivity contribution in [2.24, 2.45) is 5.73 Å². The molecule has 0 fully saturated rings. The first-order valence-electron chi connectivity index (χ1n) is 33.4. The smallest absolute Gasteiger partial charge is 0.344 e. The first-order valence-corrected chi connectivity index (χ1v) is 33.8. The van der Waals surface area contributed by atoms with Gasteiger partial charge in [0.15, 0.2) is 17.9 Å². The zero-order valence-corrected chi connectivity index (χ0v) is 63.5. The summed E-state index contributed by atoms with van der Waals surface area (Å²) in [5.74, 6) is 2.20. The van der Waals surface area contributed by atoms with Crippen LogP contribution in [0.15, 0.2) is 164 Å². The molecule has 0 aliphatic rings. The Morgan fingerprint density at radius 3 is 1.19 bits per heavy atom. The molecular weight excluding hydrogens is 1500 g/mol. The van der Waals surface area contributed by atoms with Crippen LogP contribution in [0.5, 0.6) is 28.7 Å². The monoisotopic (exact) mass is 1580 g/mol. The van der Waals surface area contributed by atoms with Crippen LogP contribution < -0.4 is 61.7 Å². The molecule has 0 bridgehead atoms. The van der Waals surface area contributed by atoms with E-state index in [4.69, 9.17) is 75.2 Å². The number of hydrogen-bond donors (Lipinski definition) is 7. The number of anilines is 11. The number of aldehydes is 1. The number of halogens is 1. The Kier molecular flexibility index (Phi) is 35.6. The van der Waals surface area contributed by atoms with E-state index < -0.39 is 32.7 Å². The Morgan fingerprint density at radius 1 is 0.434 bits per heavy atom. The Bertz CT molecular complexity index is 4840. The summed E-state index contributed by atoms with van der Waals surface area (Å²) >= 11 is 5.89. The molecule has 9 N–H and O–H groups in total. The summed E-state index contributed by atoms with van der Waals surface area (Å²) in [6.07, 6.45) is 0.393. The summed E-state index contributed by atoms with van der Waals surface area (Å²) in [5, 5.41) is 47.1. The normalized spacial score (nSPS) is 10.2. The first kappa shape index (κ1) is 87.9. The molecule has 594 valence electrons. The lowest BCUT2D eigenvalue weighted by atomic mass is 10.2. The predicted molar refractivity (Wildman–Crippen MR) is 419 cm³/mol. The number of non-ortho nitro benzene ring substituents is 3. The van der Waals surface area contributed by atoms with Gasteiger partial charge in [0.1, 0.15) is 76.8 Å². The summed E-state index contributed by atoms with van der Waals surface area (Å²) < 4.78 is 56.0. The van der Waals surface area contributed by atoms with E-state index in [0.29, 0.717) is 115 Å². The highest BCUT2D eigenvalue weighted by Crippen LogP contribution is 2.32. The highest BCUT2D eigenvalue weighted by Gasteiger charge is 2.25. The van der Waals surface area contributed by atoms with Crippen LogP contribution in [-0.4, -0.2) is 165 Å². The number of nitrogens with zero attached hydrogens (tertiary/aromatic N) is 9. The second kappa shape index (κ2) is 45.7. The molecule has 10 aromatic rings. The minimum Gasteiger partial charge on any atom is -0.497 e. The number of carbonyl (C=O) groups excluding carboxylic acids is 4. The number of esters is 3. The van der Waals surface area contributed by atoms with Crippen molar-refractivity contribution in [2.45, 2.75) is 20.4 Å². The number of nitrogens with one attached hydrogen (secondary N) is 5. The number of rotatable bonds is 32. The van der Waals surface area contributed by atoms with E-state index in [0.717, 1.165) is 17.1 Å². The standard InChI is InChI=1S/C22H21N5O7.C22H23N5O6.C16H18ClN3O4.C9H13NO2.C6H6N2O2/c1-32-10-11-34-17-8-6-14(7-9-17)23-20-19(21(29)33-2)18(13-28)25-22(26-20)24-15-4-3-5-16(12-15)27(30)31;1-14-19(21(28)32-3)20(24-15-7-9-18(10-8-15)33-12-11-31-2)26-22(23-14)25-16-5-4-6-17(13-16)27(29)30;1-10-13(15(21)23-3)14(20-16(17)18-10)19-11-4-6-12(7-5-11)24-9-8-22-2;1-11-8-4-3-7(6-10)9(5-8)12-2;7-5-2-1-3-6(4-5)8(9)10/h3-9,12-13H,10-11H2,1-2H3,(H2,23,24,25,26);4-10,13H,11-12H2,1-3H3,(H2,23,24,25,26);4-7H,8-9H2,1-3H3,(H,18,19,20);3-5H,6,10H2,1-2H3;1-4H,7H2. The predicted octanol–water partition coefficient (Wildman–Crippen LogP) is 12.8. The molecule has 37 nitrogen and oxygen atoms in total. The van der Waals surface area contributed by atoms with Crippen LogP contribution in [0.4, 0.5) is 80.5 Å². The molecule has 3 heterocycles. The fourth-order valence-corrected chi connectivity index (χ4v) is 9.62. The topological polar surface area (TPSA) is 489 Å². The fourth-order valence-electron chi connectivity index (χ4n) is 9.41. The van der Waals surface area contributed by atoms with Crippen LogP contribution in [0.25, 0.3) is 0 Å². The van der Waals surface area contributed by atoms with Crippen LogP contribution in [0.2, 0.25) is 5.28 Å².